The molecule has 0 aliphatic carbocycles. The number of carboxylic acid groups (broad SMARTS) is 1. The first-order chi connectivity index (χ1) is 19.4. The molecule has 0 radical (unpaired) electrons. The maximum atomic E-state index is 13.2. The van der Waals surface area contributed by atoms with E-state index in [9.17, 15) is 18.0 Å². The molecule has 0 bridgehead atoms. The van der Waals surface area contributed by atoms with Gasteiger partial charge in [-0.1, -0.05) is 46.3 Å². The fourth-order valence-electron chi connectivity index (χ4n) is 4.74. The molecule has 1 unspecified atom stereocenters. The Labute approximate surface area is 249 Å². The van der Waals surface area contributed by atoms with E-state index >= 15 is 0 Å². The molecular formula is C30H33BrN4O5S. The Hall–Kier alpha value is -3.54. The monoisotopic (exact) mass is 640 g/mol. The number of amides is 1. The van der Waals surface area contributed by atoms with Gasteiger partial charge in [0.25, 0.3) is 0 Å². The van der Waals surface area contributed by atoms with Crippen LogP contribution in [0.3, 0.4) is 0 Å². The molecule has 3 aromatic carbocycles. The van der Waals surface area contributed by atoms with E-state index in [-0.39, 0.29) is 12.3 Å². The number of hydrogen-bond acceptors (Lipinski definition) is 6. The van der Waals surface area contributed by atoms with Crippen molar-refractivity contribution in [2.24, 2.45) is 4.99 Å². The molecular weight excluding hydrogens is 608 g/mol. The summed E-state index contributed by atoms with van der Waals surface area (Å²) < 4.78 is 27.3. The summed E-state index contributed by atoms with van der Waals surface area (Å²) in [5.41, 5.74) is 4.75. The summed E-state index contributed by atoms with van der Waals surface area (Å²) in [7, 11) is 0.409. The lowest BCUT2D eigenvalue weighted by Crippen LogP contribution is -2.32. The average Bonchev–Trinajstić information content (AvgIpc) is 3.23. The number of aryl methyl sites for hydroxylation is 1. The Kier molecular flexibility index (Phi) is 9.62. The van der Waals surface area contributed by atoms with Crippen LogP contribution in [-0.2, 0) is 26.0 Å². The van der Waals surface area contributed by atoms with Crippen LogP contribution in [0, 0.1) is 0 Å². The molecule has 0 saturated carbocycles. The predicted molar refractivity (Wildman–Crippen MR) is 166 cm³/mol. The molecule has 2 N–H and O–H groups in total. The van der Waals surface area contributed by atoms with Gasteiger partial charge in [-0.2, -0.15) is 0 Å². The first-order valence-corrected chi connectivity index (χ1v) is 15.8. The third-order valence-corrected chi connectivity index (χ3v) is 8.44. The van der Waals surface area contributed by atoms with E-state index in [1.54, 1.807) is 24.3 Å². The van der Waals surface area contributed by atoms with Gasteiger partial charge in [0.15, 0.2) is 0 Å². The highest BCUT2D eigenvalue weighted by Crippen LogP contribution is 2.38. The minimum atomic E-state index is -3.48. The lowest BCUT2D eigenvalue weighted by atomic mass is 9.90. The Morgan fingerprint density at radius 3 is 2.32 bits per heavy atom. The molecule has 0 aromatic heterocycles. The van der Waals surface area contributed by atoms with Crippen molar-refractivity contribution < 1.29 is 23.1 Å². The van der Waals surface area contributed by atoms with Crippen LogP contribution >= 0.6 is 15.9 Å². The summed E-state index contributed by atoms with van der Waals surface area (Å²) in [6.45, 7) is 1.11. The van der Waals surface area contributed by atoms with Gasteiger partial charge in [0.05, 0.1) is 23.3 Å². The van der Waals surface area contributed by atoms with Gasteiger partial charge in [-0.15, -0.1) is 0 Å². The lowest BCUT2D eigenvalue weighted by Gasteiger charge is -2.23. The molecule has 3 aromatic rings. The second-order valence-corrected chi connectivity index (χ2v) is 13.1. The topological polar surface area (TPSA) is 119 Å². The lowest BCUT2D eigenvalue weighted by molar-refractivity contribution is -0.137. The minimum Gasteiger partial charge on any atom is -0.481 e. The molecule has 1 amide bonds. The highest BCUT2D eigenvalue weighted by atomic mass is 79.9. The van der Waals surface area contributed by atoms with Crippen molar-refractivity contribution in [3.05, 3.63) is 87.9 Å². The Balaban J connectivity index is 1.71. The summed E-state index contributed by atoms with van der Waals surface area (Å²) >= 11 is 3.46. The molecule has 216 valence electrons. The fraction of sp³-hybridized carbons (Fsp3) is 0.300. The van der Waals surface area contributed by atoms with Gasteiger partial charge in [0.1, 0.15) is 5.92 Å². The van der Waals surface area contributed by atoms with Gasteiger partial charge in [-0.25, -0.2) is 8.42 Å². The number of anilines is 2. The normalized spacial score (nSPS) is 15.1. The second kappa shape index (κ2) is 13.0. The Bertz CT molecular complexity index is 1550. The zero-order valence-electron chi connectivity index (χ0n) is 23.2. The number of aliphatic carboxylic acids is 1. The van der Waals surface area contributed by atoms with Crippen LogP contribution in [0.15, 0.2) is 76.2 Å². The zero-order chi connectivity index (χ0) is 29.7. The summed E-state index contributed by atoms with van der Waals surface area (Å²) in [6.07, 6.45) is 2.30. The third kappa shape index (κ3) is 7.81. The van der Waals surface area contributed by atoms with E-state index in [1.165, 1.54) is 10.6 Å². The Morgan fingerprint density at radius 1 is 1.02 bits per heavy atom. The SMILES string of the molecule is CN(C)CCCN(c1ccc(N=C(c2ccc(CCC(=O)O)cc2)C2C(=O)Nc3cc(Br)ccc32)cc1)S(C)(=O)=O. The average molecular weight is 642 g/mol. The van der Waals surface area contributed by atoms with Crippen LogP contribution in [-0.4, -0.2) is 69.5 Å². The van der Waals surface area contributed by atoms with Crippen LogP contribution in [0.25, 0.3) is 0 Å². The Morgan fingerprint density at radius 2 is 1.71 bits per heavy atom. The number of sulfonamides is 1. The highest BCUT2D eigenvalue weighted by molar-refractivity contribution is 9.10. The molecule has 41 heavy (non-hydrogen) atoms. The second-order valence-electron chi connectivity index (χ2n) is 10.2. The quantitative estimate of drug-likeness (QED) is 0.268. The predicted octanol–water partition coefficient (Wildman–Crippen LogP) is 5.04. The van der Waals surface area contributed by atoms with Gasteiger partial charge in [-0.3, -0.25) is 18.9 Å². The van der Waals surface area contributed by atoms with Gasteiger partial charge in [-0.05, 0) is 86.6 Å². The van der Waals surface area contributed by atoms with Crippen molar-refractivity contribution in [3.8, 4) is 0 Å². The number of rotatable bonds is 12. The van der Waals surface area contributed by atoms with Gasteiger partial charge in [0, 0.05) is 23.1 Å². The molecule has 1 heterocycles. The number of hydrogen-bond donors (Lipinski definition) is 2. The minimum absolute atomic E-state index is 0.0273. The van der Waals surface area contributed by atoms with Crippen molar-refractivity contribution in [1.29, 1.82) is 0 Å². The van der Waals surface area contributed by atoms with E-state index in [0.29, 0.717) is 42.2 Å². The maximum Gasteiger partial charge on any atom is 0.303 e. The summed E-state index contributed by atoms with van der Waals surface area (Å²) in [5, 5.41) is 12.0. The van der Waals surface area contributed by atoms with Gasteiger partial charge in [0.2, 0.25) is 15.9 Å². The number of fused-ring (bicyclic) bond motifs is 1. The summed E-state index contributed by atoms with van der Waals surface area (Å²) in [5.74, 6) is -1.73. The molecule has 1 aliphatic heterocycles. The molecule has 1 aliphatic rings. The number of carboxylic acids is 1. The molecule has 11 heteroatoms. The van der Waals surface area contributed by atoms with Crippen LogP contribution in [0.5, 0.6) is 0 Å². The fourth-order valence-corrected chi connectivity index (χ4v) is 6.07. The standard InChI is InChI=1S/C30H33BrN4O5S/c1-34(2)17-4-18-35(41(3,39)40)24-13-11-23(12-14-24)32-29(21-8-5-20(6-9-21)7-16-27(36)37)28-25-15-10-22(31)19-26(25)33-30(28)38/h5-6,8-15,19,28H,4,7,16-18H2,1-3H3,(H,33,38)(H,36,37). The number of aliphatic imine (C=N–C) groups is 1. The first-order valence-electron chi connectivity index (χ1n) is 13.1. The number of benzene rings is 3. The molecule has 0 fully saturated rings. The van der Waals surface area contributed by atoms with Crippen molar-refractivity contribution in [2.45, 2.75) is 25.2 Å². The molecule has 0 spiro atoms. The zero-order valence-corrected chi connectivity index (χ0v) is 25.6. The summed E-state index contributed by atoms with van der Waals surface area (Å²) in [6, 6.07) is 20.0. The van der Waals surface area contributed by atoms with E-state index in [2.05, 4.69) is 21.2 Å². The number of carbonyl (C=O) groups is 2. The van der Waals surface area contributed by atoms with Crippen molar-refractivity contribution >= 4 is 60.6 Å². The van der Waals surface area contributed by atoms with E-state index in [4.69, 9.17) is 10.1 Å². The van der Waals surface area contributed by atoms with E-state index < -0.39 is 21.9 Å². The van der Waals surface area contributed by atoms with Gasteiger partial charge < -0.3 is 15.3 Å². The van der Waals surface area contributed by atoms with Crippen LogP contribution < -0.4 is 9.62 Å². The van der Waals surface area contributed by atoms with Crippen LogP contribution in [0.2, 0.25) is 0 Å². The number of nitrogens with zero attached hydrogens (tertiary/aromatic N) is 3. The van der Waals surface area contributed by atoms with Gasteiger partial charge >= 0.3 is 5.97 Å². The number of halogens is 1. The highest BCUT2D eigenvalue weighted by Gasteiger charge is 2.35. The summed E-state index contributed by atoms with van der Waals surface area (Å²) in [4.78, 5) is 31.2. The van der Waals surface area contributed by atoms with Crippen LogP contribution in [0.4, 0.5) is 17.1 Å². The van der Waals surface area contributed by atoms with Crippen LogP contribution in [0.1, 0.15) is 35.4 Å². The van der Waals surface area contributed by atoms with Crippen molar-refractivity contribution in [3.63, 3.8) is 0 Å². The smallest absolute Gasteiger partial charge is 0.303 e. The van der Waals surface area contributed by atoms with Crippen molar-refractivity contribution in [1.82, 2.24) is 4.90 Å². The maximum absolute atomic E-state index is 13.2. The van der Waals surface area contributed by atoms with Crippen molar-refractivity contribution in [2.75, 3.05) is 43.1 Å². The van der Waals surface area contributed by atoms with E-state index in [1.807, 2.05) is 61.5 Å². The molecule has 0 saturated heterocycles. The van der Waals surface area contributed by atoms with E-state index in [0.717, 1.165) is 27.7 Å². The third-order valence-electron chi connectivity index (χ3n) is 6.75. The number of nitrogens with one attached hydrogen (secondary N) is 1. The first kappa shape index (κ1) is 30.4. The molecule has 9 nitrogen and oxygen atoms in total. The molecule has 1 atom stereocenters. The molecule has 4 rings (SSSR count). The number of carbonyl (C=O) groups excluding carboxylic acids is 1. The largest absolute Gasteiger partial charge is 0.481 e.